The number of likely N-dealkylation sites (N-methyl/N-ethyl adjacent to an activating group) is 1. The third-order valence-corrected chi connectivity index (χ3v) is 3.56. The molecular formula is C17H20Cl2N2O4. The molecule has 0 aliphatic heterocycles. The van der Waals surface area contributed by atoms with Gasteiger partial charge in [0, 0.05) is 11.4 Å². The fourth-order valence-corrected chi connectivity index (χ4v) is 2.33. The van der Waals surface area contributed by atoms with E-state index in [1.165, 1.54) is 0 Å². The largest absolute Gasteiger partial charge is 0.322 e. The molecule has 0 aliphatic rings. The minimum atomic E-state index is -4.69. The van der Waals surface area contributed by atoms with Crippen molar-refractivity contribution in [2.45, 2.75) is 6.17 Å². The molecule has 0 saturated carbocycles. The van der Waals surface area contributed by atoms with Gasteiger partial charge in [-0.1, -0.05) is 49.1 Å². The highest BCUT2D eigenvalue weighted by Crippen LogP contribution is 2.29. The Morgan fingerprint density at radius 3 is 1.68 bits per heavy atom. The molecule has 2 aromatic rings. The molecule has 0 radical (unpaired) electrons. The third kappa shape index (κ3) is 7.85. The normalized spacial score (nSPS) is 12.1. The van der Waals surface area contributed by atoms with Gasteiger partial charge in [-0.3, -0.25) is 4.90 Å². The second kappa shape index (κ2) is 10.4. The Hall–Kier alpha value is -1.64. The summed E-state index contributed by atoms with van der Waals surface area (Å²) >= 11 is 6.00. The maximum atomic E-state index is 8.60. The van der Waals surface area contributed by atoms with Crippen molar-refractivity contribution in [1.82, 2.24) is 4.90 Å². The Morgan fingerprint density at radius 1 is 1.04 bits per heavy atom. The van der Waals surface area contributed by atoms with Crippen molar-refractivity contribution in [3.63, 3.8) is 0 Å². The van der Waals surface area contributed by atoms with E-state index in [9.17, 15) is 0 Å². The molecule has 0 spiro atoms. The minimum absolute atomic E-state index is 0.00250. The summed E-state index contributed by atoms with van der Waals surface area (Å²) < 4.78 is 32.7. The van der Waals surface area contributed by atoms with Gasteiger partial charge in [-0.15, -0.1) is 11.6 Å². The summed E-state index contributed by atoms with van der Waals surface area (Å²) in [5.41, 5.74) is 2.22. The number of para-hydroxylation sites is 2. The first-order chi connectivity index (χ1) is 11.8. The standard InChI is InChI=1S/C17H19ClN2.ClHO4/c1-3-17(19(2)14-18)20(15-10-6-4-7-11-15)16-12-8-5-9-13-16;2-1(3,4)5/h3-13,17H,1,14H2,2H3;(H,2,3,4,5). The maximum absolute atomic E-state index is 8.60. The summed E-state index contributed by atoms with van der Waals surface area (Å²) in [4.78, 5) is 4.25. The van der Waals surface area contributed by atoms with Crippen molar-refractivity contribution in [3.05, 3.63) is 73.3 Å². The van der Waals surface area contributed by atoms with Gasteiger partial charge in [-0.2, -0.15) is 14.0 Å². The van der Waals surface area contributed by atoms with Crippen molar-refractivity contribution in [2.24, 2.45) is 0 Å². The average Bonchev–Trinajstić information content (AvgIpc) is 2.59. The Morgan fingerprint density at radius 2 is 1.40 bits per heavy atom. The first-order valence-corrected chi connectivity index (χ1v) is 8.99. The predicted octanol–water partition coefficient (Wildman–Crippen LogP) is 0.341. The van der Waals surface area contributed by atoms with Crippen LogP contribution < -0.4 is 18.9 Å². The third-order valence-electron chi connectivity index (χ3n) is 3.18. The van der Waals surface area contributed by atoms with E-state index in [1.807, 2.05) is 54.4 Å². The molecular weight excluding hydrogens is 367 g/mol. The number of hydrogen-bond acceptors (Lipinski definition) is 6. The fraction of sp³-hybridized carbons (Fsp3) is 0.176. The summed E-state index contributed by atoms with van der Waals surface area (Å²) in [6.07, 6.45) is 1.90. The highest BCUT2D eigenvalue weighted by atomic mass is 35.7. The van der Waals surface area contributed by atoms with Gasteiger partial charge >= 0.3 is 0 Å². The van der Waals surface area contributed by atoms with E-state index < -0.39 is 10.2 Å². The zero-order valence-electron chi connectivity index (χ0n) is 13.7. The minimum Gasteiger partial charge on any atom is -0.322 e. The Balaban J connectivity index is 0.000000550. The lowest BCUT2D eigenvalue weighted by Gasteiger charge is -2.36. The SMILES string of the molecule is C=CC(N(C)CCl)N(c1ccccc1)c1ccccc1.[O-][Cl+3]([O-])([O-])O. The van der Waals surface area contributed by atoms with Gasteiger partial charge < -0.3 is 4.90 Å². The van der Waals surface area contributed by atoms with Crippen molar-refractivity contribution in [2.75, 3.05) is 18.0 Å². The number of anilines is 2. The molecule has 2 aromatic carbocycles. The molecule has 0 saturated heterocycles. The number of alkyl halides is 1. The Kier molecular flexibility index (Phi) is 8.88. The van der Waals surface area contributed by atoms with Crippen LogP contribution in [0.25, 0.3) is 0 Å². The van der Waals surface area contributed by atoms with Gasteiger partial charge in [0.25, 0.3) is 0 Å². The molecule has 0 aromatic heterocycles. The van der Waals surface area contributed by atoms with Gasteiger partial charge in [0.05, 0.1) is 20.9 Å². The monoisotopic (exact) mass is 386 g/mol. The summed E-state index contributed by atoms with van der Waals surface area (Å²) in [5, 5.41) is 0. The van der Waals surface area contributed by atoms with Crippen LogP contribution in [-0.4, -0.2) is 28.8 Å². The molecule has 0 heterocycles. The summed E-state index contributed by atoms with van der Waals surface area (Å²) in [5.74, 6) is 0. The van der Waals surface area contributed by atoms with E-state index >= 15 is 0 Å². The average molecular weight is 387 g/mol. The summed E-state index contributed by atoms with van der Waals surface area (Å²) in [7, 11) is -2.71. The van der Waals surface area contributed by atoms with Crippen LogP contribution in [0.15, 0.2) is 73.3 Å². The van der Waals surface area contributed by atoms with Crippen molar-refractivity contribution in [3.8, 4) is 0 Å². The molecule has 0 fully saturated rings. The van der Waals surface area contributed by atoms with E-state index in [0.29, 0.717) is 6.00 Å². The first kappa shape index (κ1) is 21.4. The van der Waals surface area contributed by atoms with E-state index in [-0.39, 0.29) is 6.17 Å². The van der Waals surface area contributed by atoms with Gasteiger partial charge in [0.1, 0.15) is 6.17 Å². The number of hydrogen-bond donors (Lipinski definition) is 1. The molecule has 2 rings (SSSR count). The second-order valence-corrected chi connectivity index (χ2v) is 5.99. The van der Waals surface area contributed by atoms with E-state index in [0.717, 1.165) is 11.4 Å². The summed E-state index contributed by atoms with van der Waals surface area (Å²) in [6, 6.07) is 21.0. The lowest BCUT2D eigenvalue weighted by Crippen LogP contribution is -2.58. The molecule has 1 unspecified atom stereocenters. The van der Waals surface area contributed by atoms with Crippen molar-refractivity contribution < 1.29 is 28.9 Å². The topological polar surface area (TPSA) is 95.9 Å². The molecule has 1 atom stereocenters. The highest BCUT2D eigenvalue weighted by molar-refractivity contribution is 6.17. The lowest BCUT2D eigenvalue weighted by atomic mass is 10.2. The molecule has 1 N–H and O–H groups in total. The number of nitrogens with zero attached hydrogens (tertiary/aromatic N) is 2. The zero-order valence-corrected chi connectivity index (χ0v) is 15.2. The number of rotatable bonds is 6. The van der Waals surface area contributed by atoms with Crippen molar-refractivity contribution >= 4 is 23.0 Å². The number of halogens is 2. The van der Waals surface area contributed by atoms with Gasteiger partial charge in [0.15, 0.2) is 0 Å². The second-order valence-electron chi connectivity index (χ2n) is 4.96. The van der Waals surface area contributed by atoms with E-state index in [1.54, 1.807) is 0 Å². The van der Waals surface area contributed by atoms with E-state index in [2.05, 4.69) is 35.7 Å². The van der Waals surface area contributed by atoms with Gasteiger partial charge in [0.2, 0.25) is 0 Å². The van der Waals surface area contributed by atoms with Crippen LogP contribution in [0.5, 0.6) is 0 Å². The fourth-order valence-electron chi connectivity index (χ4n) is 2.18. The molecule has 0 amide bonds. The molecule has 6 nitrogen and oxygen atoms in total. The van der Waals surface area contributed by atoms with Crippen LogP contribution in [0.4, 0.5) is 11.4 Å². The smallest absolute Gasteiger partial charge is 0.106 e. The molecule has 0 aliphatic carbocycles. The highest BCUT2D eigenvalue weighted by Gasteiger charge is 2.21. The zero-order chi connectivity index (χ0) is 18.9. The Bertz CT molecular complexity index is 578. The molecule has 0 bridgehead atoms. The van der Waals surface area contributed by atoms with Crippen molar-refractivity contribution in [1.29, 1.82) is 0 Å². The summed E-state index contributed by atoms with van der Waals surface area (Å²) in [6.45, 7) is 3.96. The lowest BCUT2D eigenvalue weighted by molar-refractivity contribution is -1.92. The number of benzene rings is 2. The van der Waals surface area contributed by atoms with Crippen LogP contribution in [0.3, 0.4) is 0 Å². The first-order valence-electron chi connectivity index (χ1n) is 7.19. The van der Waals surface area contributed by atoms with Crippen LogP contribution >= 0.6 is 11.6 Å². The maximum Gasteiger partial charge on any atom is 0.106 e. The van der Waals surface area contributed by atoms with Crippen LogP contribution in [-0.2, 0) is 0 Å². The van der Waals surface area contributed by atoms with Gasteiger partial charge in [-0.25, -0.2) is 0 Å². The van der Waals surface area contributed by atoms with Crippen LogP contribution in [0, 0.1) is 10.2 Å². The predicted molar refractivity (Wildman–Crippen MR) is 89.7 cm³/mol. The molecule has 25 heavy (non-hydrogen) atoms. The van der Waals surface area contributed by atoms with Crippen LogP contribution in [0.2, 0.25) is 0 Å². The molecule has 136 valence electrons. The van der Waals surface area contributed by atoms with Crippen LogP contribution in [0.1, 0.15) is 0 Å². The molecule has 8 heteroatoms. The van der Waals surface area contributed by atoms with Gasteiger partial charge in [-0.05, 0) is 31.3 Å². The van der Waals surface area contributed by atoms with E-state index in [4.69, 9.17) is 30.2 Å². The Labute approximate surface area is 154 Å². The quantitative estimate of drug-likeness (QED) is 0.332.